The molecule has 0 aliphatic heterocycles. The second-order valence-electron chi connectivity index (χ2n) is 3.54. The van der Waals surface area contributed by atoms with Gasteiger partial charge in [0.1, 0.15) is 0 Å². The Morgan fingerprint density at radius 3 is 2.47 bits per heavy atom. The van der Waals surface area contributed by atoms with Gasteiger partial charge in [-0.1, -0.05) is 12.1 Å². The molecule has 0 fully saturated rings. The van der Waals surface area contributed by atoms with Gasteiger partial charge in [0.2, 0.25) is 0 Å². The van der Waals surface area contributed by atoms with E-state index < -0.39 is 0 Å². The smallest absolute Gasteiger partial charge is 0.131 e. The van der Waals surface area contributed by atoms with E-state index in [1.54, 1.807) is 0 Å². The number of hydrogen-bond donors (Lipinski definition) is 0. The van der Waals surface area contributed by atoms with Gasteiger partial charge in [-0.3, -0.25) is 0 Å². The highest BCUT2D eigenvalue weighted by atomic mass is 35.5. The predicted octanol–water partition coefficient (Wildman–Crippen LogP) is 2.27. The molecular weight excluding hydrogens is 212 g/mol. The molecule has 0 aliphatic rings. The zero-order chi connectivity index (χ0) is 11.0. The molecule has 15 heavy (non-hydrogen) atoms. The first-order chi connectivity index (χ1) is 7.11. The molecule has 1 aromatic heterocycles. The topological polar surface area (TPSA) is 43.6 Å². The summed E-state index contributed by atoms with van der Waals surface area (Å²) in [4.78, 5) is 0. The molecule has 0 atom stereocenters. The summed E-state index contributed by atoms with van der Waals surface area (Å²) in [6.45, 7) is 6.20. The molecule has 2 rings (SSSR count). The monoisotopic (exact) mass is 222 g/mol. The number of aromatic nitrogens is 4. The van der Waals surface area contributed by atoms with Gasteiger partial charge in [0, 0.05) is 17.3 Å². The molecule has 0 aliphatic carbocycles. The number of rotatable bonds is 1. The summed E-state index contributed by atoms with van der Waals surface area (Å²) >= 11 is 5.82. The second kappa shape index (κ2) is 3.62. The van der Waals surface area contributed by atoms with Crippen LogP contribution in [0.15, 0.2) is 12.1 Å². The van der Waals surface area contributed by atoms with Crippen molar-refractivity contribution in [2.24, 2.45) is 0 Å². The van der Waals surface area contributed by atoms with Crippen LogP contribution in [0.1, 0.15) is 16.7 Å². The molecule has 78 valence electrons. The van der Waals surface area contributed by atoms with E-state index in [0.717, 1.165) is 15.3 Å². The minimum Gasteiger partial charge on any atom is -0.131 e. The quantitative estimate of drug-likeness (QED) is 0.744. The van der Waals surface area contributed by atoms with E-state index in [0.29, 0.717) is 5.82 Å². The molecule has 1 aromatic carbocycles. The maximum absolute atomic E-state index is 5.82. The van der Waals surface area contributed by atoms with E-state index in [1.807, 2.05) is 19.1 Å². The Morgan fingerprint density at radius 1 is 1.13 bits per heavy atom. The van der Waals surface area contributed by atoms with Crippen LogP contribution < -0.4 is 0 Å². The Kier molecular flexibility index (Phi) is 2.44. The van der Waals surface area contributed by atoms with Crippen molar-refractivity contribution >= 4 is 11.8 Å². The van der Waals surface area contributed by atoms with Crippen LogP contribution in [0.3, 0.4) is 0 Å². The molecule has 4 nitrogen and oxygen atoms in total. The summed E-state index contributed by atoms with van der Waals surface area (Å²) in [6.07, 6.45) is 0. The third-order valence-corrected chi connectivity index (χ3v) is 2.96. The molecular formula is C10H11ClN4. The lowest BCUT2D eigenvalue weighted by molar-refractivity contribution is 0.846. The van der Waals surface area contributed by atoms with Gasteiger partial charge in [0.25, 0.3) is 0 Å². The van der Waals surface area contributed by atoms with E-state index in [9.17, 15) is 0 Å². The van der Waals surface area contributed by atoms with Crippen LogP contribution in [0.25, 0.3) is 11.4 Å². The predicted molar refractivity (Wildman–Crippen MR) is 58.7 cm³/mol. The van der Waals surface area contributed by atoms with Crippen LogP contribution in [-0.2, 0) is 0 Å². The summed E-state index contributed by atoms with van der Waals surface area (Å²) in [7, 11) is 0. The minimum absolute atomic E-state index is 0.581. The van der Waals surface area contributed by atoms with E-state index in [-0.39, 0.29) is 0 Å². The molecule has 5 heteroatoms. The fourth-order valence-corrected chi connectivity index (χ4v) is 1.68. The molecule has 0 saturated carbocycles. The summed E-state index contributed by atoms with van der Waals surface area (Å²) < 4.78 is 1.16. The average Bonchev–Trinajstić information content (AvgIpc) is 2.62. The zero-order valence-corrected chi connectivity index (χ0v) is 9.58. The van der Waals surface area contributed by atoms with Crippen LogP contribution in [0.5, 0.6) is 0 Å². The molecule has 0 spiro atoms. The molecule has 0 N–H and O–H groups in total. The van der Waals surface area contributed by atoms with Crippen molar-refractivity contribution in [3.05, 3.63) is 28.8 Å². The maximum Gasteiger partial charge on any atom is 0.200 e. The first-order valence-corrected chi connectivity index (χ1v) is 4.96. The van der Waals surface area contributed by atoms with Gasteiger partial charge in [-0.25, -0.2) is 0 Å². The molecule has 2 aromatic rings. The van der Waals surface area contributed by atoms with E-state index in [4.69, 9.17) is 11.8 Å². The lowest BCUT2D eigenvalue weighted by atomic mass is 9.99. The van der Waals surface area contributed by atoms with Crippen LogP contribution in [-0.4, -0.2) is 19.7 Å². The van der Waals surface area contributed by atoms with Gasteiger partial charge in [-0.15, -0.1) is 9.30 Å². The SMILES string of the molecule is Cc1ccc(-c2nnnn2Cl)c(C)c1C. The fourth-order valence-electron chi connectivity index (χ4n) is 1.53. The maximum atomic E-state index is 5.82. The normalized spacial score (nSPS) is 10.7. The van der Waals surface area contributed by atoms with Crippen molar-refractivity contribution in [1.29, 1.82) is 0 Å². The van der Waals surface area contributed by atoms with E-state index >= 15 is 0 Å². The van der Waals surface area contributed by atoms with Gasteiger partial charge in [-0.2, -0.15) is 0 Å². The Labute approximate surface area is 93.0 Å². The van der Waals surface area contributed by atoms with Crippen molar-refractivity contribution in [2.75, 3.05) is 0 Å². The Balaban J connectivity index is 2.65. The number of hydrogen-bond acceptors (Lipinski definition) is 3. The minimum atomic E-state index is 0.581. The molecule has 1 heterocycles. The number of benzene rings is 1. The lowest BCUT2D eigenvalue weighted by Crippen LogP contribution is -1.95. The highest BCUT2D eigenvalue weighted by Gasteiger charge is 2.12. The second-order valence-corrected chi connectivity index (χ2v) is 3.86. The van der Waals surface area contributed by atoms with Gasteiger partial charge >= 0.3 is 0 Å². The summed E-state index contributed by atoms with van der Waals surface area (Å²) in [5.41, 5.74) is 4.63. The van der Waals surface area contributed by atoms with Crippen molar-refractivity contribution < 1.29 is 0 Å². The summed E-state index contributed by atoms with van der Waals surface area (Å²) in [5, 5.41) is 11.0. The van der Waals surface area contributed by atoms with Crippen LogP contribution in [0.4, 0.5) is 0 Å². The highest BCUT2D eigenvalue weighted by molar-refractivity contribution is 6.16. The first-order valence-electron chi connectivity index (χ1n) is 4.63. The van der Waals surface area contributed by atoms with Crippen molar-refractivity contribution in [2.45, 2.75) is 20.8 Å². The van der Waals surface area contributed by atoms with Gasteiger partial charge in [-0.05, 0) is 47.9 Å². The molecule has 0 saturated heterocycles. The van der Waals surface area contributed by atoms with Gasteiger partial charge < -0.3 is 0 Å². The van der Waals surface area contributed by atoms with E-state index in [1.165, 1.54) is 11.1 Å². The van der Waals surface area contributed by atoms with Crippen molar-refractivity contribution in [3.8, 4) is 11.4 Å². The number of nitrogens with zero attached hydrogens (tertiary/aromatic N) is 4. The Bertz CT molecular complexity index is 504. The van der Waals surface area contributed by atoms with Crippen molar-refractivity contribution in [1.82, 2.24) is 19.7 Å². The Hall–Kier alpha value is -1.42. The van der Waals surface area contributed by atoms with Crippen LogP contribution in [0.2, 0.25) is 0 Å². The van der Waals surface area contributed by atoms with Gasteiger partial charge in [0.05, 0.1) is 0 Å². The van der Waals surface area contributed by atoms with Gasteiger partial charge in [0.15, 0.2) is 5.82 Å². The van der Waals surface area contributed by atoms with Crippen molar-refractivity contribution in [3.63, 3.8) is 0 Å². The fraction of sp³-hybridized carbons (Fsp3) is 0.300. The number of tetrazole rings is 1. The van der Waals surface area contributed by atoms with Crippen LogP contribution in [0, 0.1) is 20.8 Å². The molecule has 0 unspecified atom stereocenters. The average molecular weight is 223 g/mol. The standard InChI is InChI=1S/C10H11ClN4/c1-6-4-5-9(8(3)7(6)2)10-12-13-14-15(10)11/h4-5H,1-3H3. The highest BCUT2D eigenvalue weighted by Crippen LogP contribution is 2.25. The lowest BCUT2D eigenvalue weighted by Gasteiger charge is -2.08. The summed E-state index contributed by atoms with van der Waals surface area (Å²) in [6, 6.07) is 4.03. The first kappa shape index (κ1) is 10.1. The molecule has 0 amide bonds. The zero-order valence-electron chi connectivity index (χ0n) is 8.82. The largest absolute Gasteiger partial charge is 0.200 e. The van der Waals surface area contributed by atoms with E-state index in [2.05, 4.69) is 29.4 Å². The Morgan fingerprint density at radius 2 is 1.87 bits per heavy atom. The number of aryl methyl sites for hydroxylation is 1. The number of halogens is 1. The third-order valence-electron chi connectivity index (χ3n) is 2.73. The third kappa shape index (κ3) is 1.61. The molecule has 0 bridgehead atoms. The summed E-state index contributed by atoms with van der Waals surface area (Å²) in [5.74, 6) is 0.581. The molecule has 0 radical (unpaired) electrons. The van der Waals surface area contributed by atoms with Crippen LogP contribution >= 0.6 is 11.8 Å².